The molecule has 200 valence electrons. The Labute approximate surface area is 164 Å². The second kappa shape index (κ2) is 6.99. The molecule has 0 aromatic heterocycles. The second-order valence-electron chi connectivity index (χ2n) is 5.81. The van der Waals surface area contributed by atoms with Crippen LogP contribution in [0.4, 0.5) is 87.4 Å². The Kier molecular flexibility index (Phi) is 6.34. The van der Waals surface area contributed by atoms with E-state index in [0.29, 0.717) is 0 Å². The molecule has 0 unspecified atom stereocenters. The Bertz CT molecular complexity index is 662. The molecule has 1 heterocycles. The first-order chi connectivity index (χ1) is 13.8. The summed E-state index contributed by atoms with van der Waals surface area (Å²) in [5.41, 5.74) is -16.7. The summed E-state index contributed by atoms with van der Waals surface area (Å²) in [5.74, 6) is 0. The maximum atomic E-state index is 14.2. The maximum absolute atomic E-state index is 14.2. The number of halogens is 20. The van der Waals surface area contributed by atoms with Gasteiger partial charge in [0.05, 0.1) is 0 Å². The summed E-state index contributed by atoms with van der Waals surface area (Å²) in [4.78, 5) is 0. The molecule has 0 aromatic carbocycles. The predicted molar refractivity (Wildman–Crippen MR) is 58.0 cm³/mol. The number of alkyl halides is 18. The van der Waals surface area contributed by atoms with Crippen LogP contribution in [-0.2, 0) is 13.6 Å². The fourth-order valence-corrected chi connectivity index (χ4v) is 4.64. The molecule has 3 nitrogen and oxygen atoms in total. The molecule has 0 aliphatic carbocycles. The van der Waals surface area contributed by atoms with Gasteiger partial charge in [-0.3, -0.25) is 0 Å². The molecular formula is C9HF20O3P. The van der Waals surface area contributed by atoms with E-state index in [9.17, 15) is 87.4 Å². The van der Waals surface area contributed by atoms with Gasteiger partial charge in [0.15, 0.2) is 0 Å². The van der Waals surface area contributed by atoms with Crippen molar-refractivity contribution in [2.45, 2.75) is 54.4 Å². The zero-order chi connectivity index (χ0) is 27.1. The molecule has 0 radical (unpaired) electrons. The predicted octanol–water partition coefficient (Wildman–Crippen LogP) is 7.34. The number of hydrogen-bond acceptors (Lipinski definition) is 3. The summed E-state index contributed by atoms with van der Waals surface area (Å²) >= 11 is 0. The molecule has 0 N–H and O–H groups in total. The third-order valence-electron chi connectivity index (χ3n) is 3.52. The summed E-state index contributed by atoms with van der Waals surface area (Å²) in [6, 6.07) is 0. The van der Waals surface area contributed by atoms with Crippen LogP contribution < -0.4 is 0 Å². The van der Waals surface area contributed by atoms with Crippen LogP contribution in [-0.4, -0.2) is 54.4 Å². The van der Waals surface area contributed by atoms with Crippen LogP contribution >= 0.6 is 7.91 Å². The van der Waals surface area contributed by atoms with Gasteiger partial charge in [-0.1, -0.05) is 0 Å². The van der Waals surface area contributed by atoms with Crippen molar-refractivity contribution in [1.82, 2.24) is 0 Å². The van der Waals surface area contributed by atoms with Crippen molar-refractivity contribution in [3.8, 4) is 0 Å². The Morgan fingerprint density at radius 1 is 0.485 bits per heavy atom. The summed E-state index contributed by atoms with van der Waals surface area (Å²) in [5, 5.41) is 0. The van der Waals surface area contributed by atoms with Gasteiger partial charge >= 0.3 is 163 Å². The van der Waals surface area contributed by atoms with E-state index in [1.807, 2.05) is 0 Å². The van der Waals surface area contributed by atoms with Gasteiger partial charge in [0, 0.05) is 0 Å². The molecule has 24 heteroatoms. The molecule has 0 aromatic rings. The summed E-state index contributed by atoms with van der Waals surface area (Å²) < 4.78 is 264. The molecule has 1 aliphatic heterocycles. The molecule has 0 saturated carbocycles. The van der Waals surface area contributed by atoms with Gasteiger partial charge in [0.2, 0.25) is 0 Å². The Morgan fingerprint density at radius 2 is 0.697 bits per heavy atom. The summed E-state index contributed by atoms with van der Waals surface area (Å²) in [6.45, 7) is 0. The van der Waals surface area contributed by atoms with Gasteiger partial charge < -0.3 is 0 Å². The third-order valence-corrected chi connectivity index (χ3v) is 5.18. The zero-order valence-corrected chi connectivity index (χ0v) is 14.7. The van der Waals surface area contributed by atoms with Crippen LogP contribution in [0.1, 0.15) is 0 Å². The topological polar surface area (TPSA) is 27.7 Å². The van der Waals surface area contributed by atoms with Crippen molar-refractivity contribution in [2.75, 3.05) is 0 Å². The van der Waals surface area contributed by atoms with Gasteiger partial charge in [-0.25, -0.2) is 0 Å². The van der Waals surface area contributed by atoms with E-state index in [1.165, 1.54) is 0 Å². The summed E-state index contributed by atoms with van der Waals surface area (Å²) in [7, 11) is -10.9. The van der Waals surface area contributed by atoms with Crippen molar-refractivity contribution in [2.24, 2.45) is 0 Å². The molecule has 1 saturated heterocycles. The standard InChI is InChI=1S/C9HF20O3P/c10-2(11,12)1(3(13,14)15)30-33(28,29)31-4(6(16,17)18,7(19,20)21)5(32-33,8(22,23)24)9(25,26)27/h1H. The van der Waals surface area contributed by atoms with E-state index < -0.39 is 62.3 Å². The van der Waals surface area contributed by atoms with Crippen LogP contribution in [0.15, 0.2) is 0 Å². The first-order valence-corrected chi connectivity index (χ1v) is 8.53. The molecule has 0 bridgehead atoms. The van der Waals surface area contributed by atoms with E-state index in [1.54, 1.807) is 13.6 Å². The minimum atomic E-state index is -10.9. The molecule has 1 aliphatic rings. The zero-order valence-electron chi connectivity index (χ0n) is 13.8. The van der Waals surface area contributed by atoms with Gasteiger partial charge in [-0.2, -0.15) is 0 Å². The first kappa shape index (κ1) is 29.9. The quantitative estimate of drug-likeness (QED) is 0.258. The van der Waals surface area contributed by atoms with Gasteiger partial charge in [-0.15, -0.1) is 0 Å². The molecule has 0 atom stereocenters. The van der Waals surface area contributed by atoms with E-state index in [-0.39, 0.29) is 0 Å². The van der Waals surface area contributed by atoms with Crippen molar-refractivity contribution in [3.05, 3.63) is 0 Å². The van der Waals surface area contributed by atoms with Gasteiger partial charge in [0.1, 0.15) is 0 Å². The van der Waals surface area contributed by atoms with E-state index in [0.717, 1.165) is 0 Å². The Hall–Kier alpha value is -1.09. The number of rotatable bonds is 2. The van der Waals surface area contributed by atoms with E-state index >= 15 is 0 Å². The average Bonchev–Trinajstić information content (AvgIpc) is 2.70. The molecule has 0 spiro atoms. The second-order valence-corrected chi connectivity index (χ2v) is 7.79. The third kappa shape index (κ3) is 4.48. The molecule has 1 fully saturated rings. The van der Waals surface area contributed by atoms with Crippen molar-refractivity contribution in [1.29, 1.82) is 0 Å². The number of hydrogen-bond donors (Lipinski definition) is 0. The Morgan fingerprint density at radius 3 is 0.848 bits per heavy atom. The molecular weight excluding hydrogens is 567 g/mol. The molecule has 0 amide bonds. The first-order valence-electron chi connectivity index (χ1n) is 6.76. The van der Waals surface area contributed by atoms with Crippen LogP contribution in [0.2, 0.25) is 0 Å². The fraction of sp³-hybridized carbons (Fsp3) is 1.00. The molecule has 33 heavy (non-hydrogen) atoms. The van der Waals surface area contributed by atoms with Crippen LogP contribution in [0, 0.1) is 0 Å². The van der Waals surface area contributed by atoms with Crippen LogP contribution in [0.25, 0.3) is 0 Å². The Balaban J connectivity index is 4.19. The van der Waals surface area contributed by atoms with E-state index in [2.05, 4.69) is 0 Å². The molecule has 1 rings (SSSR count). The van der Waals surface area contributed by atoms with Crippen LogP contribution in [0.3, 0.4) is 0 Å². The van der Waals surface area contributed by atoms with Gasteiger partial charge in [-0.05, 0) is 0 Å². The van der Waals surface area contributed by atoms with Crippen molar-refractivity contribution < 1.29 is 101 Å². The van der Waals surface area contributed by atoms with Crippen molar-refractivity contribution >= 4 is 7.91 Å². The average molecular weight is 568 g/mol. The van der Waals surface area contributed by atoms with Crippen molar-refractivity contribution in [3.63, 3.8) is 0 Å². The SMILES string of the molecule is FC(F)(F)C(OP1(F)(F)OC(C(F)(F)F)(C(F)(F)F)C(C(F)(F)F)(C(F)(F)F)O1)C(F)(F)F. The monoisotopic (exact) mass is 568 g/mol. The minimum absolute atomic E-state index is 1.61. The summed E-state index contributed by atoms with van der Waals surface area (Å²) in [6.07, 6.45) is -54.1. The van der Waals surface area contributed by atoms with Gasteiger partial charge in [0.25, 0.3) is 0 Å². The van der Waals surface area contributed by atoms with E-state index in [4.69, 9.17) is 0 Å². The van der Waals surface area contributed by atoms with Crippen LogP contribution in [0.5, 0.6) is 0 Å². The normalized spacial score (nSPS) is 25.1. The fourth-order valence-electron chi connectivity index (χ4n) is 2.42.